The van der Waals surface area contributed by atoms with Crippen LogP contribution in [-0.4, -0.2) is 15.6 Å². The van der Waals surface area contributed by atoms with E-state index in [1.54, 1.807) is 24.3 Å². The normalized spacial score (nSPS) is 14.3. The first-order valence-electron chi connectivity index (χ1n) is 6.08. The third kappa shape index (κ3) is 2.08. The number of ketones is 1. The molecule has 1 aromatic heterocycles. The molecule has 96 valence electrons. The molecule has 0 spiro atoms. The Morgan fingerprint density at radius 2 is 1.95 bits per heavy atom. The van der Waals surface area contributed by atoms with Crippen LogP contribution in [0.15, 0.2) is 35.1 Å². The molecule has 1 heterocycles. The van der Waals surface area contributed by atoms with Gasteiger partial charge in [0.05, 0.1) is 10.7 Å². The van der Waals surface area contributed by atoms with E-state index in [1.165, 1.54) is 10.7 Å². The maximum absolute atomic E-state index is 12.1. The number of carbonyl (C=O) groups is 1. The Hall–Kier alpha value is -1.94. The summed E-state index contributed by atoms with van der Waals surface area (Å²) in [5.41, 5.74) is 1.37. The van der Waals surface area contributed by atoms with Crippen LogP contribution in [0.3, 0.4) is 0 Å². The SMILES string of the molecule is O=C1CCCc2cc(=O)n(-c3ccccc3Cl)nc21. The zero-order valence-electron chi connectivity index (χ0n) is 10.1. The van der Waals surface area contributed by atoms with Gasteiger partial charge in [0.2, 0.25) is 0 Å². The van der Waals surface area contributed by atoms with Crippen molar-refractivity contribution in [3.8, 4) is 5.69 Å². The Balaban J connectivity index is 2.24. The lowest BCUT2D eigenvalue weighted by Gasteiger charge is -2.15. The number of hydrogen-bond acceptors (Lipinski definition) is 3. The topological polar surface area (TPSA) is 52.0 Å². The van der Waals surface area contributed by atoms with Crippen LogP contribution < -0.4 is 5.56 Å². The lowest BCUT2D eigenvalue weighted by molar-refractivity contribution is 0.0965. The van der Waals surface area contributed by atoms with Crippen LogP contribution in [0.2, 0.25) is 5.02 Å². The number of carbonyl (C=O) groups excluding carboxylic acids is 1. The number of aryl methyl sites for hydroxylation is 1. The van der Waals surface area contributed by atoms with Crippen molar-refractivity contribution in [1.29, 1.82) is 0 Å². The zero-order valence-corrected chi connectivity index (χ0v) is 10.9. The summed E-state index contributed by atoms with van der Waals surface area (Å²) in [6.07, 6.45) is 2.00. The van der Waals surface area contributed by atoms with Crippen molar-refractivity contribution in [2.75, 3.05) is 0 Å². The molecule has 0 N–H and O–H groups in total. The van der Waals surface area contributed by atoms with E-state index in [4.69, 9.17) is 11.6 Å². The fourth-order valence-electron chi connectivity index (χ4n) is 2.27. The molecule has 0 radical (unpaired) electrons. The Morgan fingerprint density at radius 1 is 1.16 bits per heavy atom. The Bertz CT molecular complexity index is 722. The number of fused-ring (bicyclic) bond motifs is 1. The Kier molecular flexibility index (Phi) is 2.95. The summed E-state index contributed by atoms with van der Waals surface area (Å²) in [5, 5.41) is 4.63. The summed E-state index contributed by atoms with van der Waals surface area (Å²) < 4.78 is 1.20. The third-order valence-electron chi connectivity index (χ3n) is 3.21. The van der Waals surface area contributed by atoms with Crippen LogP contribution in [0, 0.1) is 0 Å². The van der Waals surface area contributed by atoms with Crippen LogP contribution in [0.5, 0.6) is 0 Å². The van der Waals surface area contributed by atoms with E-state index in [2.05, 4.69) is 5.10 Å². The molecule has 1 aliphatic rings. The summed E-state index contributed by atoms with van der Waals surface area (Å²) in [7, 11) is 0. The van der Waals surface area contributed by atoms with Gasteiger partial charge in [-0.1, -0.05) is 23.7 Å². The fourth-order valence-corrected chi connectivity index (χ4v) is 2.49. The summed E-state index contributed by atoms with van der Waals surface area (Å²) >= 11 is 6.07. The average Bonchev–Trinajstić information content (AvgIpc) is 2.39. The molecular weight excluding hydrogens is 264 g/mol. The number of para-hydroxylation sites is 1. The summed E-state index contributed by atoms with van der Waals surface area (Å²) in [6.45, 7) is 0. The molecule has 2 aromatic rings. The number of halogens is 1. The van der Waals surface area contributed by atoms with Gasteiger partial charge in [-0.15, -0.1) is 0 Å². The van der Waals surface area contributed by atoms with E-state index in [0.717, 1.165) is 18.4 Å². The van der Waals surface area contributed by atoms with Crippen molar-refractivity contribution in [3.05, 3.63) is 57.0 Å². The molecule has 5 heteroatoms. The number of benzene rings is 1. The Morgan fingerprint density at radius 3 is 2.74 bits per heavy atom. The van der Waals surface area contributed by atoms with E-state index in [1.807, 2.05) is 0 Å². The summed E-state index contributed by atoms with van der Waals surface area (Å²) in [6, 6.07) is 8.43. The minimum Gasteiger partial charge on any atom is -0.292 e. The van der Waals surface area contributed by atoms with Crippen LogP contribution in [0.1, 0.15) is 28.9 Å². The average molecular weight is 275 g/mol. The highest BCUT2D eigenvalue weighted by Crippen LogP contribution is 2.21. The van der Waals surface area contributed by atoms with Gasteiger partial charge in [-0.2, -0.15) is 9.78 Å². The minimum absolute atomic E-state index is 0.0120. The minimum atomic E-state index is -0.262. The molecule has 4 nitrogen and oxygen atoms in total. The van der Waals surface area contributed by atoms with E-state index in [-0.39, 0.29) is 11.3 Å². The number of nitrogens with zero attached hydrogens (tertiary/aromatic N) is 2. The van der Waals surface area contributed by atoms with Crippen LogP contribution in [-0.2, 0) is 6.42 Å². The van der Waals surface area contributed by atoms with Crippen molar-refractivity contribution in [2.45, 2.75) is 19.3 Å². The molecule has 0 aliphatic heterocycles. The van der Waals surface area contributed by atoms with Crippen LogP contribution in [0.25, 0.3) is 5.69 Å². The second-order valence-electron chi connectivity index (χ2n) is 4.50. The third-order valence-corrected chi connectivity index (χ3v) is 3.52. The first kappa shape index (κ1) is 12.1. The smallest absolute Gasteiger partial charge is 0.271 e. The van der Waals surface area contributed by atoms with Crippen molar-refractivity contribution in [1.82, 2.24) is 9.78 Å². The number of aromatic nitrogens is 2. The van der Waals surface area contributed by atoms with Gasteiger partial charge >= 0.3 is 0 Å². The van der Waals surface area contributed by atoms with Gasteiger partial charge in [0.1, 0.15) is 5.69 Å². The molecule has 1 aliphatic carbocycles. The largest absolute Gasteiger partial charge is 0.292 e. The molecule has 0 unspecified atom stereocenters. The maximum Gasteiger partial charge on any atom is 0.271 e. The van der Waals surface area contributed by atoms with Crippen molar-refractivity contribution in [2.24, 2.45) is 0 Å². The molecular formula is C14H11ClN2O2. The number of Topliss-reactive ketones (excluding diaryl/α,β-unsaturated/α-hetero) is 1. The van der Waals surface area contributed by atoms with E-state index >= 15 is 0 Å². The van der Waals surface area contributed by atoms with Crippen molar-refractivity contribution >= 4 is 17.4 Å². The first-order chi connectivity index (χ1) is 9.16. The lowest BCUT2D eigenvalue weighted by Crippen LogP contribution is -2.27. The van der Waals surface area contributed by atoms with Gasteiger partial charge in [0, 0.05) is 12.5 Å². The molecule has 0 amide bonds. The monoisotopic (exact) mass is 274 g/mol. The van der Waals surface area contributed by atoms with Gasteiger partial charge in [-0.3, -0.25) is 9.59 Å². The highest BCUT2D eigenvalue weighted by Gasteiger charge is 2.21. The quantitative estimate of drug-likeness (QED) is 0.802. The second-order valence-corrected chi connectivity index (χ2v) is 4.90. The maximum atomic E-state index is 12.1. The number of rotatable bonds is 1. The van der Waals surface area contributed by atoms with E-state index < -0.39 is 0 Å². The highest BCUT2D eigenvalue weighted by atomic mass is 35.5. The van der Waals surface area contributed by atoms with Gasteiger partial charge in [-0.25, -0.2) is 0 Å². The zero-order chi connectivity index (χ0) is 13.4. The van der Waals surface area contributed by atoms with Crippen molar-refractivity contribution in [3.63, 3.8) is 0 Å². The standard InChI is InChI=1S/C14H11ClN2O2/c15-10-5-1-2-6-11(10)17-13(19)8-9-4-3-7-12(18)14(9)16-17/h1-2,5-6,8H,3-4,7H2. The molecule has 0 fully saturated rings. The lowest BCUT2D eigenvalue weighted by atomic mass is 9.96. The highest BCUT2D eigenvalue weighted by molar-refractivity contribution is 6.32. The van der Waals surface area contributed by atoms with Crippen molar-refractivity contribution < 1.29 is 4.79 Å². The molecule has 0 saturated heterocycles. The molecule has 1 aromatic carbocycles. The van der Waals surface area contributed by atoms with Gasteiger partial charge in [-0.05, 0) is 30.5 Å². The molecule has 3 rings (SSSR count). The summed E-state index contributed by atoms with van der Waals surface area (Å²) in [5.74, 6) is -0.0120. The number of hydrogen-bond donors (Lipinski definition) is 0. The van der Waals surface area contributed by atoms with E-state index in [0.29, 0.717) is 22.8 Å². The van der Waals surface area contributed by atoms with Gasteiger partial charge < -0.3 is 0 Å². The van der Waals surface area contributed by atoms with Crippen LogP contribution >= 0.6 is 11.6 Å². The van der Waals surface area contributed by atoms with Gasteiger partial charge in [0.25, 0.3) is 5.56 Å². The first-order valence-corrected chi connectivity index (χ1v) is 6.46. The second kappa shape index (κ2) is 4.63. The van der Waals surface area contributed by atoms with Crippen LogP contribution in [0.4, 0.5) is 0 Å². The van der Waals surface area contributed by atoms with E-state index in [9.17, 15) is 9.59 Å². The molecule has 0 saturated carbocycles. The van der Waals surface area contributed by atoms with Gasteiger partial charge in [0.15, 0.2) is 5.78 Å². The molecule has 19 heavy (non-hydrogen) atoms. The predicted octanol–water partition coefficient (Wildman–Crippen LogP) is 2.40. The Labute approximate surface area is 114 Å². The fraction of sp³-hybridized carbons (Fsp3) is 0.214. The summed E-state index contributed by atoms with van der Waals surface area (Å²) in [4.78, 5) is 23.9. The predicted molar refractivity (Wildman–Crippen MR) is 72.1 cm³/mol. The molecule has 0 atom stereocenters. The molecule has 0 bridgehead atoms.